The first-order chi connectivity index (χ1) is 13.9. The number of benzene rings is 1. The summed E-state index contributed by atoms with van der Waals surface area (Å²) in [7, 11) is 0. The van der Waals surface area contributed by atoms with Crippen molar-refractivity contribution in [2.24, 2.45) is 5.92 Å². The number of para-hydroxylation sites is 1. The van der Waals surface area contributed by atoms with E-state index >= 15 is 0 Å². The maximum atomic E-state index is 4.64. The molecule has 0 aliphatic heterocycles. The third-order valence-corrected chi connectivity index (χ3v) is 7.13. The first-order valence-electron chi connectivity index (χ1n) is 9.56. The van der Waals surface area contributed by atoms with Crippen LogP contribution in [0.4, 0.5) is 0 Å². The number of hydrogen-bond acceptors (Lipinski definition) is 6. The molecule has 0 saturated heterocycles. The number of fused-ring (bicyclic) bond motifs is 1. The SMILES string of the molecule is c1ccc(-n2nnnc2[Se]c2ncnc3c2ncn3CC2CCCCC2)cc1. The van der Waals surface area contributed by atoms with Crippen LogP contribution in [0.5, 0.6) is 0 Å². The average Bonchev–Trinajstić information content (AvgIpc) is 3.37. The topological polar surface area (TPSA) is 87.2 Å². The molecule has 0 spiro atoms. The minimum absolute atomic E-state index is 0.176. The molecule has 3 heterocycles. The Labute approximate surface area is 168 Å². The van der Waals surface area contributed by atoms with Crippen molar-refractivity contribution < 1.29 is 0 Å². The van der Waals surface area contributed by atoms with E-state index in [0.29, 0.717) is 0 Å². The van der Waals surface area contributed by atoms with Gasteiger partial charge in [0.05, 0.1) is 0 Å². The number of hydrogen-bond donors (Lipinski definition) is 0. The van der Waals surface area contributed by atoms with E-state index in [0.717, 1.165) is 38.6 Å². The van der Waals surface area contributed by atoms with Crippen LogP contribution in [0.3, 0.4) is 0 Å². The van der Waals surface area contributed by atoms with Crippen molar-refractivity contribution in [2.75, 3.05) is 0 Å². The molecule has 0 atom stereocenters. The number of tetrazole rings is 1. The summed E-state index contributed by atoms with van der Waals surface area (Å²) in [6.45, 7) is 0.988. The van der Waals surface area contributed by atoms with Crippen molar-refractivity contribution in [2.45, 2.75) is 38.6 Å². The zero-order chi connectivity index (χ0) is 18.8. The van der Waals surface area contributed by atoms with E-state index in [9.17, 15) is 0 Å². The molecular formula is C19H20N8Se. The maximum absolute atomic E-state index is 4.64. The Morgan fingerprint density at radius 3 is 2.71 bits per heavy atom. The predicted octanol–water partition coefficient (Wildman–Crippen LogP) is 1.04. The second kappa shape index (κ2) is 7.77. The monoisotopic (exact) mass is 440 g/mol. The summed E-state index contributed by atoms with van der Waals surface area (Å²) in [5.41, 5.74) is 2.72. The van der Waals surface area contributed by atoms with Crippen molar-refractivity contribution in [1.29, 1.82) is 0 Å². The normalized spacial score (nSPS) is 15.3. The molecule has 1 fully saturated rings. The van der Waals surface area contributed by atoms with Gasteiger partial charge in [-0.05, 0) is 0 Å². The van der Waals surface area contributed by atoms with E-state index in [1.165, 1.54) is 32.1 Å². The summed E-state index contributed by atoms with van der Waals surface area (Å²) in [6, 6.07) is 9.91. The van der Waals surface area contributed by atoms with Gasteiger partial charge in [0.15, 0.2) is 0 Å². The van der Waals surface area contributed by atoms with Crippen LogP contribution >= 0.6 is 0 Å². The Morgan fingerprint density at radius 1 is 1.00 bits per heavy atom. The van der Waals surface area contributed by atoms with Gasteiger partial charge in [-0.15, -0.1) is 0 Å². The molecule has 1 aromatic carbocycles. The Balaban J connectivity index is 1.44. The summed E-state index contributed by atoms with van der Waals surface area (Å²) in [4.78, 5) is 13.7. The standard InChI is InChI=1S/C19H20N8Se/c1-3-7-14(8-4-1)11-26-13-22-16-17(26)20-12-21-18(16)28-19-23-24-25-27(19)15-9-5-2-6-10-15/h2,5-6,9-10,12-14H,1,3-4,7-8,11H2. The molecule has 0 radical (unpaired) electrons. The summed E-state index contributed by atoms with van der Waals surface area (Å²) in [5.74, 6) is 0.723. The summed E-state index contributed by atoms with van der Waals surface area (Å²) < 4.78 is 5.66. The predicted molar refractivity (Wildman–Crippen MR) is 106 cm³/mol. The van der Waals surface area contributed by atoms with E-state index < -0.39 is 0 Å². The second-order valence-corrected chi connectivity index (χ2v) is 9.07. The van der Waals surface area contributed by atoms with Crippen molar-refractivity contribution in [3.05, 3.63) is 43.0 Å². The third kappa shape index (κ3) is 3.43. The van der Waals surface area contributed by atoms with E-state index in [2.05, 4.69) is 35.0 Å². The molecule has 3 aromatic heterocycles. The number of rotatable bonds is 5. The van der Waals surface area contributed by atoms with Gasteiger partial charge in [-0.3, -0.25) is 0 Å². The van der Waals surface area contributed by atoms with Gasteiger partial charge < -0.3 is 0 Å². The fourth-order valence-corrected chi connectivity index (χ4v) is 5.49. The van der Waals surface area contributed by atoms with Crippen LogP contribution in [0.25, 0.3) is 16.9 Å². The zero-order valence-corrected chi connectivity index (χ0v) is 17.1. The average molecular weight is 439 g/mol. The van der Waals surface area contributed by atoms with Gasteiger partial charge in [0, 0.05) is 0 Å². The Bertz CT molecular complexity index is 1070. The van der Waals surface area contributed by atoms with Crippen LogP contribution in [0.15, 0.2) is 43.0 Å². The van der Waals surface area contributed by atoms with Crippen LogP contribution in [-0.2, 0) is 6.54 Å². The zero-order valence-electron chi connectivity index (χ0n) is 15.3. The van der Waals surface area contributed by atoms with E-state index in [1.54, 1.807) is 11.0 Å². The Hall–Kier alpha value is -2.64. The molecular weight excluding hydrogens is 419 g/mol. The molecule has 0 unspecified atom stereocenters. The van der Waals surface area contributed by atoms with Crippen LogP contribution in [-0.4, -0.2) is 54.7 Å². The molecule has 0 bridgehead atoms. The molecule has 1 aliphatic rings. The molecule has 0 N–H and O–H groups in total. The molecule has 0 amide bonds. The third-order valence-electron chi connectivity index (χ3n) is 5.18. The second-order valence-electron chi connectivity index (χ2n) is 7.06. The van der Waals surface area contributed by atoms with E-state index in [-0.39, 0.29) is 15.0 Å². The Morgan fingerprint density at radius 2 is 1.86 bits per heavy atom. The van der Waals surface area contributed by atoms with Crippen molar-refractivity contribution in [3.63, 3.8) is 0 Å². The van der Waals surface area contributed by atoms with Gasteiger partial charge in [0.25, 0.3) is 0 Å². The van der Waals surface area contributed by atoms with Crippen LogP contribution in [0, 0.1) is 5.92 Å². The molecule has 142 valence electrons. The van der Waals surface area contributed by atoms with Crippen LogP contribution in [0.1, 0.15) is 32.1 Å². The van der Waals surface area contributed by atoms with Crippen molar-refractivity contribution in [3.8, 4) is 5.69 Å². The fourth-order valence-electron chi connectivity index (χ4n) is 3.78. The minimum atomic E-state index is -0.176. The van der Waals surface area contributed by atoms with Gasteiger partial charge >= 0.3 is 168 Å². The fraction of sp³-hybridized carbons (Fsp3) is 0.368. The van der Waals surface area contributed by atoms with Crippen molar-refractivity contribution >= 4 is 35.4 Å². The number of imidazole rings is 1. The summed E-state index contributed by atoms with van der Waals surface area (Å²) >= 11 is -0.176. The molecule has 9 heteroatoms. The molecule has 5 rings (SSSR count). The summed E-state index contributed by atoms with van der Waals surface area (Å²) in [5, 5.41) is 12.2. The van der Waals surface area contributed by atoms with Crippen LogP contribution in [0.2, 0.25) is 0 Å². The van der Waals surface area contributed by atoms with Gasteiger partial charge in [-0.25, -0.2) is 0 Å². The van der Waals surface area contributed by atoms with Gasteiger partial charge in [0.2, 0.25) is 0 Å². The molecule has 28 heavy (non-hydrogen) atoms. The van der Waals surface area contributed by atoms with Crippen molar-refractivity contribution in [1.82, 2.24) is 39.7 Å². The van der Waals surface area contributed by atoms with Gasteiger partial charge in [-0.2, -0.15) is 0 Å². The number of aromatic nitrogens is 8. The van der Waals surface area contributed by atoms with E-state index in [4.69, 9.17) is 0 Å². The molecule has 4 aromatic rings. The van der Waals surface area contributed by atoms with Gasteiger partial charge in [0.1, 0.15) is 0 Å². The van der Waals surface area contributed by atoms with E-state index in [1.807, 2.05) is 36.7 Å². The van der Waals surface area contributed by atoms with Crippen LogP contribution < -0.4 is 9.32 Å². The molecule has 8 nitrogen and oxygen atoms in total. The molecule has 1 saturated carbocycles. The number of nitrogens with zero attached hydrogens (tertiary/aromatic N) is 8. The Kier molecular flexibility index (Phi) is 4.84. The first-order valence-corrected chi connectivity index (χ1v) is 11.3. The first kappa shape index (κ1) is 17.5. The quantitative estimate of drug-likeness (QED) is 0.432. The molecule has 1 aliphatic carbocycles. The summed E-state index contributed by atoms with van der Waals surface area (Å²) in [6.07, 6.45) is 10.2. The van der Waals surface area contributed by atoms with Gasteiger partial charge in [-0.1, -0.05) is 0 Å².